The fraction of sp³-hybridized carbons (Fsp3) is 0.444. The SMILES string of the molecule is Cc1nccn1[C@@H]1CCCN(C(=O)c2ccc3c(c2)COC3)C1. The molecule has 0 unspecified atom stereocenters. The molecule has 1 aromatic heterocycles. The van der Waals surface area contributed by atoms with E-state index in [9.17, 15) is 4.79 Å². The Morgan fingerprint density at radius 1 is 1.30 bits per heavy atom. The fourth-order valence-electron chi connectivity index (χ4n) is 3.63. The Morgan fingerprint density at radius 3 is 3.00 bits per heavy atom. The van der Waals surface area contributed by atoms with E-state index in [0.717, 1.165) is 42.9 Å². The van der Waals surface area contributed by atoms with Gasteiger partial charge in [-0.15, -0.1) is 0 Å². The minimum Gasteiger partial charge on any atom is -0.372 e. The van der Waals surface area contributed by atoms with Gasteiger partial charge in [0.25, 0.3) is 5.91 Å². The summed E-state index contributed by atoms with van der Waals surface area (Å²) in [7, 11) is 0. The molecule has 5 heteroatoms. The normalized spacial score (nSPS) is 20.6. The van der Waals surface area contributed by atoms with Gasteiger partial charge in [-0.3, -0.25) is 4.79 Å². The van der Waals surface area contributed by atoms with Crippen LogP contribution in [0.25, 0.3) is 0 Å². The molecule has 2 aromatic rings. The first-order chi connectivity index (χ1) is 11.2. The van der Waals surface area contributed by atoms with E-state index >= 15 is 0 Å². The van der Waals surface area contributed by atoms with Gasteiger partial charge in [0, 0.05) is 31.0 Å². The lowest BCUT2D eigenvalue weighted by Crippen LogP contribution is -2.40. The molecule has 0 spiro atoms. The predicted octanol–water partition coefficient (Wildman–Crippen LogP) is 2.70. The molecule has 0 saturated carbocycles. The molecular weight excluding hydrogens is 290 g/mol. The fourth-order valence-corrected chi connectivity index (χ4v) is 3.63. The van der Waals surface area contributed by atoms with Gasteiger partial charge in [-0.2, -0.15) is 0 Å². The van der Waals surface area contributed by atoms with Crippen molar-refractivity contribution in [3.63, 3.8) is 0 Å². The molecule has 23 heavy (non-hydrogen) atoms. The summed E-state index contributed by atoms with van der Waals surface area (Å²) in [5, 5.41) is 0. The molecule has 3 heterocycles. The average Bonchev–Trinajstić information content (AvgIpc) is 3.22. The first-order valence-corrected chi connectivity index (χ1v) is 8.20. The van der Waals surface area contributed by atoms with Crippen molar-refractivity contribution >= 4 is 5.91 Å². The molecule has 1 aromatic carbocycles. The minimum absolute atomic E-state index is 0.127. The Kier molecular flexibility index (Phi) is 3.65. The molecule has 0 radical (unpaired) electrons. The number of aryl methyl sites for hydroxylation is 1. The standard InChI is InChI=1S/C18H21N3O2/c1-13-19-6-8-21(13)17-3-2-7-20(10-17)18(22)14-4-5-15-11-23-12-16(15)9-14/h4-6,8-9,17H,2-3,7,10-12H2,1H3/t17-/m1/s1. The van der Waals surface area contributed by atoms with E-state index in [0.29, 0.717) is 19.3 Å². The van der Waals surface area contributed by atoms with Crippen LogP contribution in [0.5, 0.6) is 0 Å². The highest BCUT2D eigenvalue weighted by molar-refractivity contribution is 5.94. The average molecular weight is 311 g/mol. The van der Waals surface area contributed by atoms with Crippen molar-refractivity contribution in [1.29, 1.82) is 0 Å². The van der Waals surface area contributed by atoms with Crippen LogP contribution in [0, 0.1) is 6.92 Å². The minimum atomic E-state index is 0.127. The second kappa shape index (κ2) is 5.81. The van der Waals surface area contributed by atoms with Gasteiger partial charge < -0.3 is 14.2 Å². The van der Waals surface area contributed by atoms with Gasteiger partial charge in [0.05, 0.1) is 19.3 Å². The van der Waals surface area contributed by atoms with E-state index in [2.05, 4.69) is 9.55 Å². The summed E-state index contributed by atoms with van der Waals surface area (Å²) in [6.45, 7) is 4.88. The molecule has 120 valence electrons. The highest BCUT2D eigenvalue weighted by atomic mass is 16.5. The van der Waals surface area contributed by atoms with Gasteiger partial charge in [0.15, 0.2) is 0 Å². The lowest BCUT2D eigenvalue weighted by Gasteiger charge is -2.34. The number of hydrogen-bond acceptors (Lipinski definition) is 3. The van der Waals surface area contributed by atoms with Gasteiger partial charge in [0.1, 0.15) is 5.82 Å². The van der Waals surface area contributed by atoms with E-state index in [1.54, 1.807) is 0 Å². The summed E-state index contributed by atoms with van der Waals surface area (Å²) in [5.41, 5.74) is 3.12. The molecule has 2 aliphatic heterocycles. The van der Waals surface area contributed by atoms with Crippen molar-refractivity contribution in [1.82, 2.24) is 14.5 Å². The number of aromatic nitrogens is 2. The van der Waals surface area contributed by atoms with Crippen molar-refractivity contribution in [2.75, 3.05) is 13.1 Å². The Hall–Kier alpha value is -2.14. The predicted molar refractivity (Wildman–Crippen MR) is 86.1 cm³/mol. The second-order valence-corrected chi connectivity index (χ2v) is 6.41. The van der Waals surface area contributed by atoms with E-state index < -0.39 is 0 Å². The molecule has 2 aliphatic rings. The Morgan fingerprint density at radius 2 is 2.17 bits per heavy atom. The number of ether oxygens (including phenoxy) is 1. The highest BCUT2D eigenvalue weighted by Crippen LogP contribution is 2.26. The van der Waals surface area contributed by atoms with Crippen LogP contribution in [0.1, 0.15) is 46.2 Å². The van der Waals surface area contributed by atoms with Crippen LogP contribution in [-0.2, 0) is 18.0 Å². The number of piperidine rings is 1. The summed E-state index contributed by atoms with van der Waals surface area (Å²) in [6.07, 6.45) is 5.97. The van der Waals surface area contributed by atoms with E-state index in [4.69, 9.17) is 4.74 Å². The third-order valence-electron chi connectivity index (χ3n) is 4.91. The maximum Gasteiger partial charge on any atom is 0.253 e. The molecule has 5 nitrogen and oxygen atoms in total. The highest BCUT2D eigenvalue weighted by Gasteiger charge is 2.26. The number of fused-ring (bicyclic) bond motifs is 1. The summed E-state index contributed by atoms with van der Waals surface area (Å²) < 4.78 is 7.63. The zero-order valence-electron chi connectivity index (χ0n) is 13.4. The summed E-state index contributed by atoms with van der Waals surface area (Å²) in [5.74, 6) is 1.14. The van der Waals surface area contributed by atoms with Gasteiger partial charge in [-0.1, -0.05) is 6.07 Å². The third kappa shape index (κ3) is 2.65. The number of hydrogen-bond donors (Lipinski definition) is 0. The Bertz CT molecular complexity index is 738. The van der Waals surface area contributed by atoms with E-state index in [1.165, 1.54) is 5.56 Å². The first kappa shape index (κ1) is 14.5. The van der Waals surface area contributed by atoms with Crippen molar-refractivity contribution in [3.05, 3.63) is 53.1 Å². The van der Waals surface area contributed by atoms with Crippen molar-refractivity contribution in [2.45, 2.75) is 39.0 Å². The number of carbonyl (C=O) groups is 1. The van der Waals surface area contributed by atoms with Gasteiger partial charge >= 0.3 is 0 Å². The molecule has 0 aliphatic carbocycles. The number of amides is 1. The summed E-state index contributed by atoms with van der Waals surface area (Å²) in [4.78, 5) is 19.1. The van der Waals surface area contributed by atoms with Crippen LogP contribution in [0.4, 0.5) is 0 Å². The molecule has 0 N–H and O–H groups in total. The largest absolute Gasteiger partial charge is 0.372 e. The molecular formula is C18H21N3O2. The maximum absolute atomic E-state index is 12.9. The molecule has 1 fully saturated rings. The second-order valence-electron chi connectivity index (χ2n) is 6.41. The molecule has 1 atom stereocenters. The molecule has 1 saturated heterocycles. The van der Waals surface area contributed by atoms with Crippen LogP contribution in [0.15, 0.2) is 30.6 Å². The Labute approximate surface area is 135 Å². The Balaban J connectivity index is 1.53. The number of benzene rings is 1. The number of nitrogens with zero attached hydrogens (tertiary/aromatic N) is 3. The summed E-state index contributed by atoms with van der Waals surface area (Å²) >= 11 is 0. The van der Waals surface area contributed by atoms with Gasteiger partial charge in [-0.25, -0.2) is 4.98 Å². The van der Waals surface area contributed by atoms with Crippen LogP contribution in [0.2, 0.25) is 0 Å². The molecule has 0 bridgehead atoms. The van der Waals surface area contributed by atoms with Crippen LogP contribution >= 0.6 is 0 Å². The van der Waals surface area contributed by atoms with Crippen LogP contribution in [-0.4, -0.2) is 33.4 Å². The zero-order valence-corrected chi connectivity index (χ0v) is 13.4. The van der Waals surface area contributed by atoms with Gasteiger partial charge in [-0.05, 0) is 43.0 Å². The molecule has 4 rings (SSSR count). The van der Waals surface area contributed by atoms with Crippen molar-refractivity contribution in [2.24, 2.45) is 0 Å². The van der Waals surface area contributed by atoms with Crippen LogP contribution in [0.3, 0.4) is 0 Å². The lowest BCUT2D eigenvalue weighted by molar-refractivity contribution is 0.0678. The first-order valence-electron chi connectivity index (χ1n) is 8.20. The van der Waals surface area contributed by atoms with Crippen LogP contribution < -0.4 is 0 Å². The molecule has 1 amide bonds. The number of carbonyl (C=O) groups excluding carboxylic acids is 1. The number of imidazole rings is 1. The maximum atomic E-state index is 12.9. The topological polar surface area (TPSA) is 47.4 Å². The quantitative estimate of drug-likeness (QED) is 0.857. The number of likely N-dealkylation sites (tertiary alicyclic amines) is 1. The van der Waals surface area contributed by atoms with Crippen molar-refractivity contribution < 1.29 is 9.53 Å². The van der Waals surface area contributed by atoms with Gasteiger partial charge in [0.2, 0.25) is 0 Å². The lowest BCUT2D eigenvalue weighted by atomic mass is 10.0. The smallest absolute Gasteiger partial charge is 0.253 e. The monoisotopic (exact) mass is 311 g/mol. The third-order valence-corrected chi connectivity index (χ3v) is 4.91. The van der Waals surface area contributed by atoms with E-state index in [-0.39, 0.29) is 5.91 Å². The number of rotatable bonds is 2. The summed E-state index contributed by atoms with van der Waals surface area (Å²) in [6, 6.07) is 6.28. The zero-order chi connectivity index (χ0) is 15.8. The van der Waals surface area contributed by atoms with Crippen molar-refractivity contribution in [3.8, 4) is 0 Å². The van der Waals surface area contributed by atoms with E-state index in [1.807, 2.05) is 42.4 Å².